The summed E-state index contributed by atoms with van der Waals surface area (Å²) in [5.74, 6) is 0.789. The summed E-state index contributed by atoms with van der Waals surface area (Å²) >= 11 is 0. The summed E-state index contributed by atoms with van der Waals surface area (Å²) in [5.41, 5.74) is 2.65. The van der Waals surface area contributed by atoms with E-state index in [9.17, 15) is 18.0 Å². The smallest absolute Gasteiger partial charge is 0.493 e. The number of carbonyl (C=O) groups is 1. The van der Waals surface area contributed by atoms with Crippen molar-refractivity contribution in [3.63, 3.8) is 0 Å². The van der Waals surface area contributed by atoms with Gasteiger partial charge in [0.2, 0.25) is 0 Å². The molecule has 2 N–H and O–H groups in total. The predicted octanol–water partition coefficient (Wildman–Crippen LogP) is 6.85. The molecule has 2 aromatic carbocycles. The van der Waals surface area contributed by atoms with Crippen molar-refractivity contribution in [2.24, 2.45) is 16.3 Å². The lowest BCUT2D eigenvalue weighted by Crippen LogP contribution is -2.48. The molecule has 3 aliphatic rings. The summed E-state index contributed by atoms with van der Waals surface area (Å²) < 4.78 is 48.2. The Balaban J connectivity index is 1.44. The number of hydrogen-bond donors (Lipinski definition) is 2. The molecule has 0 radical (unpaired) electrons. The molecule has 38 heavy (non-hydrogen) atoms. The lowest BCUT2D eigenvalue weighted by molar-refractivity contribution is -0.274. The van der Waals surface area contributed by atoms with E-state index in [1.54, 1.807) is 12.1 Å². The van der Waals surface area contributed by atoms with Gasteiger partial charge in [0.05, 0.1) is 6.61 Å². The second kappa shape index (κ2) is 9.18. The topological polar surface area (TPSA) is 80.1 Å². The van der Waals surface area contributed by atoms with Gasteiger partial charge in [0, 0.05) is 37.1 Å². The third-order valence-corrected chi connectivity index (χ3v) is 7.77. The van der Waals surface area contributed by atoms with E-state index < -0.39 is 12.3 Å². The number of halogens is 3. The predicted molar refractivity (Wildman–Crippen MR) is 139 cm³/mol. The van der Waals surface area contributed by atoms with Crippen molar-refractivity contribution in [3.8, 4) is 11.5 Å². The van der Waals surface area contributed by atoms with Gasteiger partial charge in [-0.3, -0.25) is 10.1 Å². The minimum atomic E-state index is -4.74. The molecule has 10 heteroatoms. The quantitative estimate of drug-likeness (QED) is 0.232. The van der Waals surface area contributed by atoms with Crippen LogP contribution in [-0.2, 0) is 4.79 Å². The summed E-state index contributed by atoms with van der Waals surface area (Å²) in [6, 6.07) is 11.5. The van der Waals surface area contributed by atoms with Gasteiger partial charge in [-0.15, -0.1) is 13.2 Å². The van der Waals surface area contributed by atoms with Gasteiger partial charge in [0.1, 0.15) is 23.7 Å². The van der Waals surface area contributed by atoms with Gasteiger partial charge in [-0.25, -0.2) is 4.48 Å². The highest BCUT2D eigenvalue weighted by atomic mass is 19.4. The zero-order valence-electron chi connectivity index (χ0n) is 21.8. The molecule has 0 bridgehead atoms. The fraction of sp³-hybridized carbons (Fsp3) is 0.500. The number of aliphatic carboxylic acids is 1. The van der Waals surface area contributed by atoms with Crippen LogP contribution in [0.3, 0.4) is 0 Å². The van der Waals surface area contributed by atoms with E-state index in [1.807, 2.05) is 18.2 Å². The standard InChI is InChI=1S/C28H32F3N3O4/c1-18-14-26(2,3)16-27(15-18)17-34(27)23-11-10-21(37-12-4-5-24(35)36)13-22(23)33-25(34)32-19-6-8-20(9-7-19)38-28(29,30)31/h6-11,13,18H,4-5,12,14-17H2,1-3H3,(H-,32,33,35,36)/p+1/t18-,27?,34?/m1/s1. The Kier molecular flexibility index (Phi) is 6.37. The average molecular weight is 533 g/mol. The number of nitrogens with zero attached hydrogens (tertiary/aromatic N) is 2. The zero-order valence-corrected chi connectivity index (χ0v) is 21.8. The fourth-order valence-electron chi connectivity index (χ4n) is 6.88. The number of guanidine groups is 1. The highest BCUT2D eigenvalue weighted by molar-refractivity contribution is 6.12. The zero-order chi connectivity index (χ0) is 27.3. The molecular formula is C28H33F3N3O4+. The second-order valence-electron chi connectivity index (χ2n) is 11.7. The minimum Gasteiger partial charge on any atom is -0.493 e. The number of ether oxygens (including phenoxy) is 2. The molecule has 1 aliphatic carbocycles. The maximum atomic E-state index is 12.6. The van der Waals surface area contributed by atoms with E-state index in [0.717, 1.165) is 43.1 Å². The largest absolute Gasteiger partial charge is 0.573 e. The van der Waals surface area contributed by atoms with Gasteiger partial charge in [-0.2, -0.15) is 4.99 Å². The van der Waals surface area contributed by atoms with Gasteiger partial charge >= 0.3 is 18.3 Å². The number of fused-ring (bicyclic) bond motifs is 3. The molecule has 2 unspecified atom stereocenters. The van der Waals surface area contributed by atoms with Gasteiger partial charge < -0.3 is 14.6 Å². The van der Waals surface area contributed by atoms with Crippen LogP contribution in [0.2, 0.25) is 0 Å². The maximum Gasteiger partial charge on any atom is 0.573 e. The van der Waals surface area contributed by atoms with Crippen LogP contribution in [0.25, 0.3) is 0 Å². The van der Waals surface area contributed by atoms with Crippen LogP contribution in [0, 0.1) is 11.3 Å². The number of anilines is 1. The molecule has 2 spiro atoms. The van der Waals surface area contributed by atoms with Crippen molar-refractivity contribution in [1.82, 2.24) is 4.48 Å². The molecule has 2 heterocycles. The van der Waals surface area contributed by atoms with Crippen molar-refractivity contribution in [3.05, 3.63) is 42.5 Å². The molecule has 2 aliphatic heterocycles. The van der Waals surface area contributed by atoms with Gasteiger partial charge in [-0.05, 0) is 54.5 Å². The Hall–Kier alpha value is -3.27. The molecule has 204 valence electrons. The van der Waals surface area contributed by atoms with E-state index in [2.05, 4.69) is 30.8 Å². The highest BCUT2D eigenvalue weighted by Crippen LogP contribution is 2.64. The van der Waals surface area contributed by atoms with E-state index in [0.29, 0.717) is 34.9 Å². The molecule has 1 saturated carbocycles. The van der Waals surface area contributed by atoms with Crippen LogP contribution >= 0.6 is 0 Å². The fourth-order valence-corrected chi connectivity index (χ4v) is 6.88. The number of benzene rings is 2. The second-order valence-corrected chi connectivity index (χ2v) is 11.7. The molecule has 3 atom stereocenters. The molecule has 2 fully saturated rings. The van der Waals surface area contributed by atoms with Crippen molar-refractivity contribution >= 4 is 29.0 Å². The van der Waals surface area contributed by atoms with Crippen molar-refractivity contribution in [2.75, 3.05) is 18.5 Å². The third kappa shape index (κ3) is 5.06. The lowest BCUT2D eigenvalue weighted by atomic mass is 9.67. The monoisotopic (exact) mass is 532 g/mol. The summed E-state index contributed by atoms with van der Waals surface area (Å²) in [6.07, 6.45) is -1.04. The number of rotatable bonds is 7. The number of aliphatic imine (C=N–C) groups is 1. The molecule has 0 amide bonds. The number of carboxylic acids is 1. The normalized spacial score (nSPS) is 27.1. The molecule has 7 nitrogen and oxygen atoms in total. The Bertz CT molecular complexity index is 1260. The minimum absolute atomic E-state index is 0.0125. The van der Waals surface area contributed by atoms with Crippen LogP contribution in [0.5, 0.6) is 11.5 Å². The van der Waals surface area contributed by atoms with Gasteiger partial charge in [-0.1, -0.05) is 20.8 Å². The first-order valence-electron chi connectivity index (χ1n) is 12.9. The first-order chi connectivity index (χ1) is 17.8. The van der Waals surface area contributed by atoms with Crippen molar-refractivity contribution < 1.29 is 32.5 Å². The Morgan fingerprint density at radius 1 is 1.16 bits per heavy atom. The number of nitrogens with one attached hydrogen (secondary N) is 1. The van der Waals surface area contributed by atoms with Gasteiger partial charge in [0.25, 0.3) is 0 Å². The average Bonchev–Trinajstić information content (AvgIpc) is 3.29. The maximum absolute atomic E-state index is 12.6. The number of hydrogen-bond acceptors (Lipinski definition) is 5. The molecular weight excluding hydrogens is 499 g/mol. The van der Waals surface area contributed by atoms with E-state index in [-0.39, 0.29) is 23.1 Å². The van der Waals surface area contributed by atoms with Crippen LogP contribution in [0.1, 0.15) is 52.9 Å². The van der Waals surface area contributed by atoms with Crippen LogP contribution < -0.4 is 19.3 Å². The summed E-state index contributed by atoms with van der Waals surface area (Å²) in [4.78, 5) is 15.8. The Labute approximate surface area is 219 Å². The molecule has 2 aromatic rings. The van der Waals surface area contributed by atoms with Crippen molar-refractivity contribution in [1.29, 1.82) is 0 Å². The number of quaternary nitrogens is 1. The first-order valence-corrected chi connectivity index (χ1v) is 12.9. The van der Waals surface area contributed by atoms with Crippen LogP contribution in [-0.4, -0.2) is 42.1 Å². The number of alkyl halides is 3. The van der Waals surface area contributed by atoms with E-state index in [4.69, 9.17) is 14.8 Å². The highest BCUT2D eigenvalue weighted by Gasteiger charge is 2.78. The molecule has 0 aromatic heterocycles. The third-order valence-electron chi connectivity index (χ3n) is 7.77. The summed E-state index contributed by atoms with van der Waals surface area (Å²) in [6.45, 7) is 8.11. The first kappa shape index (κ1) is 26.3. The van der Waals surface area contributed by atoms with Gasteiger partial charge in [0.15, 0.2) is 11.2 Å². The summed E-state index contributed by atoms with van der Waals surface area (Å²) in [5, 5.41) is 12.3. The Morgan fingerprint density at radius 2 is 1.87 bits per heavy atom. The lowest BCUT2D eigenvalue weighted by Gasteiger charge is -2.39. The number of carboxylic acid groups (broad SMARTS) is 1. The molecule has 1 saturated heterocycles. The Morgan fingerprint density at radius 3 is 2.53 bits per heavy atom. The van der Waals surface area contributed by atoms with E-state index in [1.165, 1.54) is 12.1 Å². The SMILES string of the molecule is C[C@@H]1CC(C)(C)CC2(C1)C[N+]21C(Nc2ccc(OC(F)(F)F)cc2)=Nc2cc(OCCCC(=O)O)ccc21. The van der Waals surface area contributed by atoms with E-state index >= 15 is 0 Å². The molecule has 5 rings (SSSR count). The summed E-state index contributed by atoms with van der Waals surface area (Å²) in [7, 11) is 0. The van der Waals surface area contributed by atoms with Crippen LogP contribution in [0.4, 0.5) is 30.2 Å². The van der Waals surface area contributed by atoms with Crippen LogP contribution in [0.15, 0.2) is 47.5 Å². The van der Waals surface area contributed by atoms with Crippen molar-refractivity contribution in [2.45, 2.75) is 64.8 Å².